The van der Waals surface area contributed by atoms with E-state index in [0.29, 0.717) is 24.7 Å². The van der Waals surface area contributed by atoms with Gasteiger partial charge in [0.2, 0.25) is 11.8 Å². The predicted molar refractivity (Wildman–Crippen MR) is 98.9 cm³/mol. The molecule has 0 bridgehead atoms. The van der Waals surface area contributed by atoms with Crippen molar-refractivity contribution >= 4 is 23.4 Å². The van der Waals surface area contributed by atoms with Crippen molar-refractivity contribution in [3.05, 3.63) is 12.3 Å². The molecule has 8 nitrogen and oxygen atoms in total. The van der Waals surface area contributed by atoms with Crippen LogP contribution in [0, 0.1) is 5.92 Å². The third-order valence-corrected chi connectivity index (χ3v) is 5.17. The van der Waals surface area contributed by atoms with Crippen molar-refractivity contribution in [1.82, 2.24) is 14.7 Å². The van der Waals surface area contributed by atoms with Gasteiger partial charge in [-0.3, -0.25) is 19.1 Å². The first-order valence-corrected chi connectivity index (χ1v) is 9.59. The minimum Gasteiger partial charge on any atom is -0.389 e. The highest BCUT2D eigenvalue weighted by Gasteiger charge is 2.38. The van der Waals surface area contributed by atoms with E-state index in [-0.39, 0.29) is 30.6 Å². The number of rotatable bonds is 7. The quantitative estimate of drug-likeness (QED) is 0.699. The number of Topliss-reactive ketones (excluding diaryl/α,β-unsaturated/α-hetero) is 1. The van der Waals surface area contributed by atoms with Gasteiger partial charge in [0.25, 0.3) is 0 Å². The van der Waals surface area contributed by atoms with Crippen LogP contribution < -0.4 is 5.32 Å². The van der Waals surface area contributed by atoms with Gasteiger partial charge in [0, 0.05) is 12.3 Å². The normalized spacial score (nSPS) is 19.7. The first-order chi connectivity index (χ1) is 12.7. The van der Waals surface area contributed by atoms with E-state index in [1.54, 1.807) is 30.8 Å². The number of nitrogens with zero attached hydrogens (tertiary/aromatic N) is 3. The number of likely N-dealkylation sites (tertiary alicyclic amines) is 1. The molecule has 1 aromatic rings. The van der Waals surface area contributed by atoms with Gasteiger partial charge in [-0.05, 0) is 26.2 Å². The summed E-state index contributed by atoms with van der Waals surface area (Å²) in [5.74, 6) is 0.0542. The fourth-order valence-electron chi connectivity index (χ4n) is 3.95. The van der Waals surface area contributed by atoms with Crippen molar-refractivity contribution in [2.75, 3.05) is 11.9 Å². The Morgan fingerprint density at radius 3 is 2.67 bits per heavy atom. The molecule has 1 aromatic heterocycles. The molecule has 1 saturated carbocycles. The molecule has 1 atom stereocenters. The number of ketones is 1. The van der Waals surface area contributed by atoms with E-state index in [4.69, 9.17) is 0 Å². The summed E-state index contributed by atoms with van der Waals surface area (Å²) in [6.07, 6.45) is 6.55. The number of nitrogens with one attached hydrogen (secondary N) is 1. The van der Waals surface area contributed by atoms with Crippen LogP contribution in [-0.2, 0) is 20.9 Å². The van der Waals surface area contributed by atoms with E-state index in [1.165, 1.54) is 4.90 Å². The van der Waals surface area contributed by atoms with E-state index >= 15 is 0 Å². The smallest absolute Gasteiger partial charge is 0.248 e. The van der Waals surface area contributed by atoms with Gasteiger partial charge in [0.1, 0.15) is 6.04 Å². The molecule has 2 fully saturated rings. The molecule has 2 amide bonds. The van der Waals surface area contributed by atoms with Gasteiger partial charge in [-0.1, -0.05) is 25.7 Å². The molecule has 148 valence electrons. The molecule has 2 aliphatic rings. The monoisotopic (exact) mass is 376 g/mol. The first-order valence-electron chi connectivity index (χ1n) is 9.59. The summed E-state index contributed by atoms with van der Waals surface area (Å²) in [5, 5.41) is 16.9. The van der Waals surface area contributed by atoms with Gasteiger partial charge < -0.3 is 15.3 Å². The zero-order valence-electron chi connectivity index (χ0n) is 16.0. The van der Waals surface area contributed by atoms with E-state index in [1.807, 2.05) is 0 Å². The zero-order valence-corrected chi connectivity index (χ0v) is 16.0. The number of aromatic nitrogens is 2. The lowest BCUT2D eigenvalue weighted by atomic mass is 9.97. The molecule has 8 heteroatoms. The van der Waals surface area contributed by atoms with Gasteiger partial charge in [-0.2, -0.15) is 5.10 Å². The Kier molecular flexibility index (Phi) is 5.64. The summed E-state index contributed by atoms with van der Waals surface area (Å²) in [7, 11) is 0. The predicted octanol–water partition coefficient (Wildman–Crippen LogP) is 1.34. The second-order valence-electron chi connectivity index (χ2n) is 8.34. The van der Waals surface area contributed by atoms with Crippen LogP contribution in [0.2, 0.25) is 0 Å². The number of aliphatic hydroxyl groups is 1. The molecule has 2 heterocycles. The van der Waals surface area contributed by atoms with Crippen molar-refractivity contribution in [2.24, 2.45) is 5.92 Å². The van der Waals surface area contributed by atoms with Crippen LogP contribution in [0.25, 0.3) is 0 Å². The largest absolute Gasteiger partial charge is 0.389 e. The van der Waals surface area contributed by atoms with E-state index < -0.39 is 11.6 Å². The highest BCUT2D eigenvalue weighted by atomic mass is 16.3. The van der Waals surface area contributed by atoms with Crippen molar-refractivity contribution < 1.29 is 19.5 Å². The Morgan fingerprint density at radius 2 is 2.07 bits per heavy atom. The van der Waals surface area contributed by atoms with Gasteiger partial charge in [-0.15, -0.1) is 0 Å². The maximum absolute atomic E-state index is 12.9. The fraction of sp³-hybridized carbons (Fsp3) is 0.684. The summed E-state index contributed by atoms with van der Waals surface area (Å²) in [6, 6.07) is 1.01. The van der Waals surface area contributed by atoms with Crippen molar-refractivity contribution in [1.29, 1.82) is 0 Å². The number of carbonyl (C=O) groups excluding carboxylic acids is 3. The Bertz CT molecular complexity index is 716. The zero-order chi connectivity index (χ0) is 19.6. The molecule has 1 aliphatic carbocycles. The second-order valence-corrected chi connectivity index (χ2v) is 8.34. The van der Waals surface area contributed by atoms with Crippen LogP contribution in [-0.4, -0.2) is 55.6 Å². The topological polar surface area (TPSA) is 105 Å². The highest BCUT2D eigenvalue weighted by molar-refractivity contribution is 6.08. The Morgan fingerprint density at radius 1 is 1.37 bits per heavy atom. The molecular formula is C19H28N4O4. The van der Waals surface area contributed by atoms with E-state index in [2.05, 4.69) is 10.4 Å². The van der Waals surface area contributed by atoms with E-state index in [9.17, 15) is 19.5 Å². The molecule has 3 rings (SSSR count). The SMILES string of the molecule is CC(C)(O)Cn1ccc(NC(=O)[C@H](CC2CCCC2)N2CC(=O)CC2=O)n1. The van der Waals surface area contributed by atoms with Crippen molar-refractivity contribution in [3.63, 3.8) is 0 Å². The minimum absolute atomic E-state index is 0.0107. The Balaban J connectivity index is 1.70. The number of carbonyl (C=O) groups is 3. The number of anilines is 1. The second kappa shape index (κ2) is 7.80. The van der Waals surface area contributed by atoms with E-state index in [0.717, 1.165) is 25.7 Å². The lowest BCUT2D eigenvalue weighted by Gasteiger charge is -2.28. The summed E-state index contributed by atoms with van der Waals surface area (Å²) in [6.45, 7) is 3.67. The van der Waals surface area contributed by atoms with Gasteiger partial charge in [-0.25, -0.2) is 0 Å². The summed E-state index contributed by atoms with van der Waals surface area (Å²) < 4.78 is 1.56. The number of hydrogen-bond donors (Lipinski definition) is 2. The first kappa shape index (κ1) is 19.5. The molecule has 2 N–H and O–H groups in total. The third-order valence-electron chi connectivity index (χ3n) is 5.17. The van der Waals surface area contributed by atoms with Gasteiger partial charge in [0.05, 0.1) is 25.1 Å². The van der Waals surface area contributed by atoms with Gasteiger partial charge >= 0.3 is 0 Å². The standard InChI is InChI=1S/C19H28N4O4/c1-19(2,27)12-22-8-7-16(21-22)20-18(26)15(9-13-5-3-4-6-13)23-11-14(24)10-17(23)25/h7-8,13,15,27H,3-6,9-12H2,1-2H3,(H,20,21,26)/t15-/m0/s1. The number of hydrogen-bond acceptors (Lipinski definition) is 5. The minimum atomic E-state index is -0.916. The molecule has 1 saturated heterocycles. The van der Waals surface area contributed by atoms with Crippen LogP contribution in [0.4, 0.5) is 5.82 Å². The van der Waals surface area contributed by atoms with Crippen LogP contribution in [0.1, 0.15) is 52.4 Å². The third kappa shape index (κ3) is 5.15. The lowest BCUT2D eigenvalue weighted by Crippen LogP contribution is -2.46. The van der Waals surface area contributed by atoms with Crippen molar-refractivity contribution in [2.45, 2.75) is 70.6 Å². The molecular weight excluding hydrogens is 348 g/mol. The van der Waals surface area contributed by atoms with Crippen LogP contribution >= 0.6 is 0 Å². The molecule has 27 heavy (non-hydrogen) atoms. The average molecular weight is 376 g/mol. The summed E-state index contributed by atoms with van der Waals surface area (Å²) in [5.41, 5.74) is -0.916. The maximum atomic E-state index is 12.9. The van der Waals surface area contributed by atoms with Crippen LogP contribution in [0.5, 0.6) is 0 Å². The lowest BCUT2D eigenvalue weighted by molar-refractivity contribution is -0.135. The molecule has 0 spiro atoms. The average Bonchev–Trinajstić information content (AvgIpc) is 3.26. The van der Waals surface area contributed by atoms with Crippen LogP contribution in [0.3, 0.4) is 0 Å². The molecule has 1 aliphatic heterocycles. The molecule has 0 unspecified atom stereocenters. The Labute approximate surface area is 158 Å². The Hall–Kier alpha value is -2.22. The van der Waals surface area contributed by atoms with Crippen LogP contribution in [0.15, 0.2) is 12.3 Å². The molecule has 0 aromatic carbocycles. The van der Waals surface area contributed by atoms with Gasteiger partial charge in [0.15, 0.2) is 11.6 Å². The summed E-state index contributed by atoms with van der Waals surface area (Å²) >= 11 is 0. The maximum Gasteiger partial charge on any atom is 0.248 e. The summed E-state index contributed by atoms with van der Waals surface area (Å²) in [4.78, 5) is 38.2. The van der Waals surface area contributed by atoms with Crippen molar-refractivity contribution in [3.8, 4) is 0 Å². The fourth-order valence-corrected chi connectivity index (χ4v) is 3.95. The molecule has 0 radical (unpaired) electrons. The number of amides is 2. The highest BCUT2D eigenvalue weighted by Crippen LogP contribution is 2.31.